The molecule has 1 N–H and O–H groups in total. The molecule has 4 heterocycles. The molecule has 7 nitrogen and oxygen atoms in total. The number of aliphatic hydroxyl groups is 1. The second-order valence-electron chi connectivity index (χ2n) is 8.59. The third-order valence-electron chi connectivity index (χ3n) is 6.51. The van der Waals surface area contributed by atoms with Crippen LogP contribution in [-0.4, -0.2) is 39.6 Å². The highest BCUT2D eigenvalue weighted by Crippen LogP contribution is 2.42. The fraction of sp³-hybridized carbons (Fsp3) is 0.417. The van der Waals surface area contributed by atoms with Crippen LogP contribution in [0.4, 0.5) is 11.4 Å². The predicted octanol–water partition coefficient (Wildman–Crippen LogP) is 3.80. The van der Waals surface area contributed by atoms with Crippen LogP contribution in [0.3, 0.4) is 0 Å². The maximum Gasteiger partial charge on any atom is 0.202 e. The van der Waals surface area contributed by atoms with Crippen LogP contribution in [0.15, 0.2) is 42.9 Å². The number of nitrogens with zero attached hydrogens (tertiary/aromatic N) is 5. The summed E-state index contributed by atoms with van der Waals surface area (Å²) < 4.78 is 7.98. The third-order valence-corrected chi connectivity index (χ3v) is 6.51. The Morgan fingerprint density at radius 3 is 2.68 bits per heavy atom. The number of piperidine rings is 1. The molecule has 0 radical (unpaired) electrons. The Kier molecular flexibility index (Phi) is 5.06. The maximum atomic E-state index is 9.57. The molecule has 1 unspecified atom stereocenters. The summed E-state index contributed by atoms with van der Waals surface area (Å²) in [4.78, 5) is 8.97. The summed E-state index contributed by atoms with van der Waals surface area (Å²) in [5.74, 6) is 0.395. The summed E-state index contributed by atoms with van der Waals surface area (Å²) >= 11 is 0. The molecule has 0 saturated carbocycles. The van der Waals surface area contributed by atoms with Gasteiger partial charge in [0.2, 0.25) is 6.23 Å². The molecule has 0 bridgehead atoms. The van der Waals surface area contributed by atoms with E-state index in [9.17, 15) is 5.11 Å². The minimum atomic E-state index is -0.234. The quantitative estimate of drug-likeness (QED) is 0.694. The van der Waals surface area contributed by atoms with Gasteiger partial charge in [0.05, 0.1) is 22.6 Å². The van der Waals surface area contributed by atoms with E-state index >= 15 is 0 Å². The van der Waals surface area contributed by atoms with Gasteiger partial charge >= 0.3 is 0 Å². The van der Waals surface area contributed by atoms with Gasteiger partial charge in [-0.15, -0.1) is 0 Å². The molecular weight excluding hydrogens is 390 g/mol. The standard InChI is InChI=1S/C24H29N5O2/c1-16-12-19(4-7-25-16)24-29(10-11-31-24)23-14-21-20(17(2)26-27(21)3)13-22(23)28-8-5-18(15-30)6-9-28/h4,7,10-14,18,24,30H,5-6,8-9,15H2,1-3H3. The Labute approximate surface area is 182 Å². The van der Waals surface area contributed by atoms with Gasteiger partial charge in [-0.25, -0.2) is 0 Å². The summed E-state index contributed by atoms with van der Waals surface area (Å²) in [6, 6.07) is 8.58. The van der Waals surface area contributed by atoms with Crippen molar-refractivity contribution in [2.75, 3.05) is 29.5 Å². The van der Waals surface area contributed by atoms with Gasteiger partial charge in [0, 0.05) is 55.8 Å². The first-order chi connectivity index (χ1) is 15.0. The van der Waals surface area contributed by atoms with Crippen LogP contribution in [0.1, 0.15) is 36.0 Å². The van der Waals surface area contributed by atoms with Gasteiger partial charge in [-0.2, -0.15) is 5.10 Å². The van der Waals surface area contributed by atoms with Crippen LogP contribution in [0.5, 0.6) is 0 Å². The Balaban J connectivity index is 1.61. The molecule has 5 rings (SSSR count). The van der Waals surface area contributed by atoms with E-state index < -0.39 is 0 Å². The van der Waals surface area contributed by atoms with Crippen molar-refractivity contribution in [3.8, 4) is 0 Å². The van der Waals surface area contributed by atoms with Crippen molar-refractivity contribution in [1.82, 2.24) is 14.8 Å². The Morgan fingerprint density at radius 2 is 1.94 bits per heavy atom. The third kappa shape index (κ3) is 3.53. The van der Waals surface area contributed by atoms with Crippen molar-refractivity contribution in [3.63, 3.8) is 0 Å². The van der Waals surface area contributed by atoms with Gasteiger partial charge in [0.25, 0.3) is 0 Å². The molecule has 1 saturated heterocycles. The molecule has 1 atom stereocenters. The van der Waals surface area contributed by atoms with E-state index in [-0.39, 0.29) is 12.8 Å². The first-order valence-corrected chi connectivity index (χ1v) is 10.9. The number of hydrogen-bond acceptors (Lipinski definition) is 6. The van der Waals surface area contributed by atoms with Crippen LogP contribution in [0.2, 0.25) is 0 Å². The highest BCUT2D eigenvalue weighted by molar-refractivity contribution is 5.93. The topological polar surface area (TPSA) is 66.7 Å². The fourth-order valence-electron chi connectivity index (χ4n) is 4.76. The second-order valence-corrected chi connectivity index (χ2v) is 8.59. The molecule has 2 aromatic heterocycles. The van der Waals surface area contributed by atoms with Crippen molar-refractivity contribution >= 4 is 22.3 Å². The van der Waals surface area contributed by atoms with Crippen molar-refractivity contribution in [1.29, 1.82) is 0 Å². The summed E-state index contributed by atoms with van der Waals surface area (Å²) in [6.07, 6.45) is 7.37. The van der Waals surface area contributed by atoms with Crippen molar-refractivity contribution < 1.29 is 9.84 Å². The van der Waals surface area contributed by atoms with Crippen molar-refractivity contribution in [2.45, 2.75) is 32.9 Å². The number of aromatic nitrogens is 3. The molecule has 162 valence electrons. The van der Waals surface area contributed by atoms with Gasteiger partial charge in [0.15, 0.2) is 0 Å². The summed E-state index contributed by atoms with van der Waals surface area (Å²) in [5, 5.41) is 15.4. The highest BCUT2D eigenvalue weighted by atomic mass is 16.5. The first kappa shape index (κ1) is 19.9. The van der Waals surface area contributed by atoms with E-state index in [1.807, 2.05) is 37.1 Å². The summed E-state index contributed by atoms with van der Waals surface area (Å²) in [6.45, 7) is 6.19. The minimum absolute atomic E-state index is 0.234. The minimum Gasteiger partial charge on any atom is -0.472 e. The number of fused-ring (bicyclic) bond motifs is 1. The number of rotatable bonds is 4. The zero-order valence-electron chi connectivity index (χ0n) is 18.3. The number of anilines is 2. The molecule has 2 aliphatic rings. The smallest absolute Gasteiger partial charge is 0.202 e. The molecule has 0 aliphatic carbocycles. The maximum absolute atomic E-state index is 9.57. The van der Waals surface area contributed by atoms with E-state index in [4.69, 9.17) is 4.74 Å². The Bertz CT molecular complexity index is 1130. The van der Waals surface area contributed by atoms with Gasteiger partial charge in [-0.05, 0) is 56.9 Å². The van der Waals surface area contributed by atoms with E-state index in [1.165, 1.54) is 11.1 Å². The number of benzene rings is 1. The van der Waals surface area contributed by atoms with Crippen LogP contribution in [-0.2, 0) is 11.8 Å². The number of aliphatic hydroxyl groups excluding tert-OH is 1. The number of pyridine rings is 1. The molecule has 1 fully saturated rings. The van der Waals surface area contributed by atoms with Crippen LogP contribution >= 0.6 is 0 Å². The van der Waals surface area contributed by atoms with E-state index in [0.29, 0.717) is 5.92 Å². The molecule has 7 heteroatoms. The van der Waals surface area contributed by atoms with Crippen LogP contribution < -0.4 is 9.80 Å². The van der Waals surface area contributed by atoms with Gasteiger partial charge in [-0.3, -0.25) is 9.67 Å². The average molecular weight is 420 g/mol. The lowest BCUT2D eigenvalue weighted by Crippen LogP contribution is -2.36. The fourth-order valence-corrected chi connectivity index (χ4v) is 4.76. The van der Waals surface area contributed by atoms with E-state index in [1.54, 1.807) is 6.26 Å². The van der Waals surface area contributed by atoms with Gasteiger partial charge < -0.3 is 19.6 Å². The molecular formula is C24H29N5O2. The molecule has 0 amide bonds. The molecule has 2 aliphatic heterocycles. The second kappa shape index (κ2) is 7.89. The number of ether oxygens (including phenoxy) is 1. The monoisotopic (exact) mass is 419 g/mol. The van der Waals surface area contributed by atoms with E-state index in [0.717, 1.165) is 54.1 Å². The molecule has 0 spiro atoms. The van der Waals surface area contributed by atoms with Crippen LogP contribution in [0, 0.1) is 19.8 Å². The molecule has 1 aromatic carbocycles. The number of aryl methyl sites for hydroxylation is 3. The van der Waals surface area contributed by atoms with Crippen molar-refractivity contribution in [2.24, 2.45) is 13.0 Å². The Hall–Kier alpha value is -3.06. The lowest BCUT2D eigenvalue weighted by molar-refractivity contribution is 0.174. The zero-order chi connectivity index (χ0) is 21.5. The average Bonchev–Trinajstić information content (AvgIpc) is 3.38. The molecule has 3 aromatic rings. The normalized spacial score (nSPS) is 19.4. The summed E-state index contributed by atoms with van der Waals surface area (Å²) in [7, 11) is 1.99. The number of hydrogen-bond donors (Lipinski definition) is 1. The Morgan fingerprint density at radius 1 is 1.13 bits per heavy atom. The lowest BCUT2D eigenvalue weighted by atomic mass is 9.97. The van der Waals surface area contributed by atoms with Crippen molar-refractivity contribution in [3.05, 3.63) is 59.9 Å². The largest absolute Gasteiger partial charge is 0.472 e. The lowest BCUT2D eigenvalue weighted by Gasteiger charge is -2.36. The highest BCUT2D eigenvalue weighted by Gasteiger charge is 2.30. The first-order valence-electron chi connectivity index (χ1n) is 10.9. The zero-order valence-corrected chi connectivity index (χ0v) is 18.3. The van der Waals surface area contributed by atoms with Gasteiger partial charge in [0.1, 0.15) is 6.26 Å². The SMILES string of the molecule is Cc1cc(C2OC=CN2c2cc3c(cc2N2CCC(CO)CC2)c(C)nn3C)ccn1. The predicted molar refractivity (Wildman–Crippen MR) is 122 cm³/mol. The summed E-state index contributed by atoms with van der Waals surface area (Å²) in [5.41, 5.74) is 6.47. The molecule has 31 heavy (non-hydrogen) atoms. The van der Waals surface area contributed by atoms with E-state index in [2.05, 4.69) is 45.0 Å². The van der Waals surface area contributed by atoms with Gasteiger partial charge in [-0.1, -0.05) is 0 Å². The van der Waals surface area contributed by atoms with Crippen LogP contribution in [0.25, 0.3) is 10.9 Å².